The highest BCUT2D eigenvalue weighted by molar-refractivity contribution is 5.26. The number of hydrogen-bond acceptors (Lipinski definition) is 8. The van der Waals surface area contributed by atoms with Crippen molar-refractivity contribution < 1.29 is 24.1 Å². The van der Waals surface area contributed by atoms with Gasteiger partial charge in [0.1, 0.15) is 18.0 Å². The Labute approximate surface area is 224 Å². The highest BCUT2D eigenvalue weighted by Crippen LogP contribution is 2.35. The van der Waals surface area contributed by atoms with E-state index < -0.39 is 35.3 Å². The number of aliphatic hydroxyl groups is 1. The summed E-state index contributed by atoms with van der Waals surface area (Å²) in [6.07, 6.45) is -0.253. The zero-order valence-electron chi connectivity index (χ0n) is 21.5. The van der Waals surface area contributed by atoms with Gasteiger partial charge in [0.15, 0.2) is 5.72 Å². The van der Waals surface area contributed by atoms with Gasteiger partial charge in [-0.3, -0.25) is 14.3 Å². The molecule has 0 bridgehead atoms. The van der Waals surface area contributed by atoms with Gasteiger partial charge in [0.2, 0.25) is 0 Å². The van der Waals surface area contributed by atoms with E-state index >= 15 is 0 Å². The molecule has 0 spiro atoms. The maximum absolute atomic E-state index is 12.7. The van der Waals surface area contributed by atoms with E-state index in [1.807, 2.05) is 42.5 Å². The molecule has 1 aliphatic heterocycles. The summed E-state index contributed by atoms with van der Waals surface area (Å²) < 4.78 is 24.8. The molecule has 1 aromatic heterocycles. The molecule has 0 aliphatic carbocycles. The number of nitrogens with zero attached hydrogens (tertiary/aromatic N) is 4. The van der Waals surface area contributed by atoms with Gasteiger partial charge in [-0.25, -0.2) is 4.79 Å². The van der Waals surface area contributed by atoms with Gasteiger partial charge in [-0.05, 0) is 41.6 Å². The summed E-state index contributed by atoms with van der Waals surface area (Å²) in [7, 11) is 1.57. The normalized spacial score (nSPS) is 21.3. The molecule has 2 heterocycles. The molecule has 4 atom stereocenters. The predicted octanol–water partition coefficient (Wildman–Crippen LogP) is 2.85. The van der Waals surface area contributed by atoms with Crippen molar-refractivity contribution in [3.63, 3.8) is 0 Å². The van der Waals surface area contributed by atoms with Crippen LogP contribution in [0.15, 0.2) is 81.6 Å². The van der Waals surface area contributed by atoms with Gasteiger partial charge in [0.25, 0.3) is 5.56 Å². The molecule has 2 aromatic carbocycles. The summed E-state index contributed by atoms with van der Waals surface area (Å²) in [5, 5.41) is 15.4. The number of benzene rings is 2. The molecule has 3 aromatic rings. The van der Waals surface area contributed by atoms with Crippen molar-refractivity contribution >= 4 is 0 Å². The van der Waals surface area contributed by atoms with Gasteiger partial charge in [-0.15, -0.1) is 0 Å². The standard InChI is InChI=1S/C27H31N5O7/c1-36-21-11-9-20(10-12-21)17-38-25-24(39-18-27(25,35)32-15-13-23(33)30-26(32)34)22(8-5-14-29-31-28)37-16-19-6-3-2-4-7-19/h2-4,6-7,9-13,15,22,24-25,35H,5,8,14,16-18H2,1H3,(H,30,33,34)/t22-,24-,25?,27?/m1/s1. The molecule has 4 rings (SSSR count). The lowest BCUT2D eigenvalue weighted by Crippen LogP contribution is -2.54. The minimum absolute atomic E-state index is 0.0963. The molecule has 0 saturated carbocycles. The Morgan fingerprint density at radius 1 is 1.15 bits per heavy atom. The molecule has 0 radical (unpaired) electrons. The van der Waals surface area contributed by atoms with E-state index in [0.29, 0.717) is 18.6 Å². The van der Waals surface area contributed by atoms with E-state index in [-0.39, 0.29) is 26.4 Å². The Hall–Kier alpha value is -3.93. The van der Waals surface area contributed by atoms with Crippen molar-refractivity contribution in [2.75, 3.05) is 20.3 Å². The van der Waals surface area contributed by atoms with Gasteiger partial charge < -0.3 is 24.1 Å². The summed E-state index contributed by atoms with van der Waals surface area (Å²) in [6.45, 7) is 0.349. The number of aromatic nitrogens is 2. The van der Waals surface area contributed by atoms with Gasteiger partial charge in [0, 0.05) is 23.7 Å². The monoisotopic (exact) mass is 537 g/mol. The molecule has 0 amide bonds. The minimum Gasteiger partial charge on any atom is -0.497 e. The molecule has 206 valence electrons. The summed E-state index contributed by atoms with van der Waals surface area (Å²) in [6, 6.07) is 18.0. The molecule has 2 N–H and O–H groups in total. The Kier molecular flexibility index (Phi) is 9.53. The second-order valence-electron chi connectivity index (χ2n) is 9.15. The SMILES string of the molecule is COc1ccc(COC2[C@@H]([C@@H](CCCN=[N+]=[N-])OCc3ccccc3)OCC2(O)n2ccc(=O)[nH]c2=O)cc1. The first kappa shape index (κ1) is 28.1. The van der Waals surface area contributed by atoms with Crippen molar-refractivity contribution in [1.29, 1.82) is 0 Å². The third-order valence-electron chi connectivity index (χ3n) is 6.56. The van der Waals surface area contributed by atoms with Crippen molar-refractivity contribution in [2.45, 2.75) is 50.1 Å². The fourth-order valence-electron chi connectivity index (χ4n) is 4.55. The summed E-state index contributed by atoms with van der Waals surface area (Å²) in [5.74, 6) is 0.687. The molecule has 1 saturated heterocycles. The molecule has 39 heavy (non-hydrogen) atoms. The number of ether oxygens (including phenoxy) is 4. The zero-order valence-corrected chi connectivity index (χ0v) is 21.5. The summed E-state index contributed by atoms with van der Waals surface area (Å²) in [4.78, 5) is 29.4. The Morgan fingerprint density at radius 2 is 1.90 bits per heavy atom. The first-order chi connectivity index (χ1) is 18.9. The number of nitrogens with one attached hydrogen (secondary N) is 1. The number of hydrogen-bond donors (Lipinski definition) is 2. The van der Waals surface area contributed by atoms with Gasteiger partial charge in [-0.1, -0.05) is 47.6 Å². The lowest BCUT2D eigenvalue weighted by Gasteiger charge is -2.34. The van der Waals surface area contributed by atoms with Crippen LogP contribution in [0.4, 0.5) is 0 Å². The quantitative estimate of drug-likeness (QED) is 0.147. The second-order valence-corrected chi connectivity index (χ2v) is 9.15. The lowest BCUT2D eigenvalue weighted by molar-refractivity contribution is -0.160. The van der Waals surface area contributed by atoms with Crippen molar-refractivity contribution in [3.8, 4) is 5.75 Å². The first-order valence-corrected chi connectivity index (χ1v) is 12.5. The molecular formula is C27H31N5O7. The fourth-order valence-corrected chi connectivity index (χ4v) is 4.55. The first-order valence-electron chi connectivity index (χ1n) is 12.5. The van der Waals surface area contributed by atoms with E-state index in [1.165, 1.54) is 6.20 Å². The molecule has 12 nitrogen and oxygen atoms in total. The minimum atomic E-state index is -1.93. The van der Waals surface area contributed by atoms with Crippen LogP contribution < -0.4 is 16.0 Å². The second kappa shape index (κ2) is 13.2. The molecule has 2 unspecified atom stereocenters. The lowest BCUT2D eigenvalue weighted by atomic mass is 9.97. The van der Waals surface area contributed by atoms with Crippen LogP contribution in [-0.4, -0.2) is 53.2 Å². The van der Waals surface area contributed by atoms with E-state index in [2.05, 4.69) is 15.0 Å². The summed E-state index contributed by atoms with van der Waals surface area (Å²) >= 11 is 0. The van der Waals surface area contributed by atoms with Gasteiger partial charge >= 0.3 is 5.69 Å². The third kappa shape index (κ3) is 6.94. The van der Waals surface area contributed by atoms with Crippen molar-refractivity contribution in [1.82, 2.24) is 9.55 Å². The van der Waals surface area contributed by atoms with E-state index in [1.54, 1.807) is 19.2 Å². The molecule has 1 aliphatic rings. The number of rotatable bonds is 13. The largest absolute Gasteiger partial charge is 0.497 e. The smallest absolute Gasteiger partial charge is 0.330 e. The fraction of sp³-hybridized carbons (Fsp3) is 0.407. The Morgan fingerprint density at radius 3 is 2.59 bits per heavy atom. The molecular weight excluding hydrogens is 506 g/mol. The van der Waals surface area contributed by atoms with Crippen LogP contribution in [0.2, 0.25) is 0 Å². The highest BCUT2D eigenvalue weighted by atomic mass is 16.6. The maximum Gasteiger partial charge on any atom is 0.330 e. The maximum atomic E-state index is 12.7. The van der Waals surface area contributed by atoms with Gasteiger partial charge in [0.05, 0.1) is 33.0 Å². The molecule has 12 heteroatoms. The van der Waals surface area contributed by atoms with Crippen LogP contribution in [0.1, 0.15) is 24.0 Å². The Balaban J connectivity index is 1.63. The van der Waals surface area contributed by atoms with Crippen LogP contribution in [0, 0.1) is 0 Å². The predicted molar refractivity (Wildman–Crippen MR) is 141 cm³/mol. The average molecular weight is 538 g/mol. The van der Waals surface area contributed by atoms with Crippen molar-refractivity contribution in [2.24, 2.45) is 5.11 Å². The van der Waals surface area contributed by atoms with Crippen LogP contribution >= 0.6 is 0 Å². The van der Waals surface area contributed by atoms with Crippen LogP contribution in [-0.2, 0) is 33.1 Å². The summed E-state index contributed by atoms with van der Waals surface area (Å²) in [5.41, 5.74) is 7.11. The highest BCUT2D eigenvalue weighted by Gasteiger charge is 2.54. The van der Waals surface area contributed by atoms with Crippen LogP contribution in [0.5, 0.6) is 5.75 Å². The average Bonchev–Trinajstić information content (AvgIpc) is 3.28. The number of methoxy groups -OCH3 is 1. The Bertz CT molecular complexity index is 1370. The topological polar surface area (TPSA) is 161 Å². The van der Waals surface area contributed by atoms with E-state index in [0.717, 1.165) is 21.8 Å². The van der Waals surface area contributed by atoms with E-state index in [4.69, 9.17) is 24.5 Å². The number of H-pyrrole nitrogens is 1. The van der Waals surface area contributed by atoms with E-state index in [9.17, 15) is 14.7 Å². The number of azide groups is 1. The van der Waals surface area contributed by atoms with Crippen LogP contribution in [0.25, 0.3) is 10.4 Å². The van der Waals surface area contributed by atoms with Gasteiger partial charge in [-0.2, -0.15) is 0 Å². The number of aromatic amines is 1. The van der Waals surface area contributed by atoms with Crippen molar-refractivity contribution in [3.05, 3.63) is 109 Å². The third-order valence-corrected chi connectivity index (χ3v) is 6.56. The molecule has 1 fully saturated rings. The zero-order chi connectivity index (χ0) is 27.7. The van der Waals surface area contributed by atoms with Crippen LogP contribution in [0.3, 0.4) is 0 Å².